The molecule has 1 rings (SSSR count). The van der Waals surface area contributed by atoms with E-state index in [9.17, 15) is 15.0 Å². The Balaban J connectivity index is 2.50. The number of carbonyl (C=O) groups excluding carboxylic acids is 1. The van der Waals surface area contributed by atoms with Crippen LogP contribution >= 0.6 is 0 Å². The van der Waals surface area contributed by atoms with Crippen LogP contribution in [0.1, 0.15) is 6.92 Å². The Morgan fingerprint density at radius 2 is 2.20 bits per heavy atom. The van der Waals surface area contributed by atoms with Crippen LogP contribution < -0.4 is 5.43 Å². The quantitative estimate of drug-likeness (QED) is 0.311. The zero-order valence-electron chi connectivity index (χ0n) is 8.20. The number of aliphatic hydroxyl groups excluding tert-OH is 3. The number of carbonyl (C=O) groups is 1. The van der Waals surface area contributed by atoms with Crippen LogP contribution in [0.15, 0.2) is 5.10 Å². The average molecular weight is 218 g/mol. The van der Waals surface area contributed by atoms with Gasteiger partial charge in [0.15, 0.2) is 0 Å². The number of aliphatic hydroxyl groups is 3. The van der Waals surface area contributed by atoms with E-state index in [0.29, 0.717) is 0 Å². The summed E-state index contributed by atoms with van der Waals surface area (Å²) in [6.07, 6.45) is -2.79. The lowest BCUT2D eigenvalue weighted by Crippen LogP contribution is -2.34. The van der Waals surface area contributed by atoms with E-state index >= 15 is 0 Å². The van der Waals surface area contributed by atoms with Gasteiger partial charge in [-0.15, -0.1) is 0 Å². The van der Waals surface area contributed by atoms with Crippen molar-refractivity contribution in [1.82, 2.24) is 5.43 Å². The van der Waals surface area contributed by atoms with Crippen LogP contribution in [0, 0.1) is 0 Å². The van der Waals surface area contributed by atoms with Crippen LogP contribution in [0.2, 0.25) is 0 Å². The van der Waals surface area contributed by atoms with Crippen molar-refractivity contribution < 1.29 is 24.9 Å². The van der Waals surface area contributed by atoms with E-state index < -0.39 is 24.4 Å². The van der Waals surface area contributed by atoms with Crippen LogP contribution in [0.3, 0.4) is 0 Å². The molecular formula is C8H14N2O5. The molecule has 15 heavy (non-hydrogen) atoms. The molecule has 1 amide bonds. The summed E-state index contributed by atoms with van der Waals surface area (Å²) in [4.78, 5) is 10.5. The van der Waals surface area contributed by atoms with Gasteiger partial charge in [0.25, 0.3) is 0 Å². The third-order valence-corrected chi connectivity index (χ3v) is 2.02. The predicted octanol–water partition coefficient (Wildman–Crippen LogP) is -2.41. The molecule has 0 aromatic carbocycles. The van der Waals surface area contributed by atoms with Crippen LogP contribution in [0.5, 0.6) is 0 Å². The zero-order chi connectivity index (χ0) is 11.4. The van der Waals surface area contributed by atoms with E-state index in [2.05, 4.69) is 10.5 Å². The largest absolute Gasteiger partial charge is 0.394 e. The Kier molecular flexibility index (Phi) is 4.15. The zero-order valence-corrected chi connectivity index (χ0v) is 8.20. The van der Waals surface area contributed by atoms with E-state index in [0.717, 1.165) is 0 Å². The molecule has 0 spiro atoms. The molecule has 0 aromatic rings. The normalized spacial score (nSPS) is 36.0. The minimum Gasteiger partial charge on any atom is -0.394 e. The van der Waals surface area contributed by atoms with Crippen molar-refractivity contribution in [1.29, 1.82) is 0 Å². The van der Waals surface area contributed by atoms with Gasteiger partial charge in [0, 0.05) is 6.92 Å². The molecule has 0 bridgehead atoms. The summed E-state index contributed by atoms with van der Waals surface area (Å²) in [6, 6.07) is 0. The van der Waals surface area contributed by atoms with Crippen LogP contribution in [-0.4, -0.2) is 58.5 Å². The fourth-order valence-electron chi connectivity index (χ4n) is 1.25. The molecule has 1 aliphatic heterocycles. The highest BCUT2D eigenvalue weighted by molar-refractivity contribution is 5.74. The first-order valence-corrected chi connectivity index (χ1v) is 4.48. The lowest BCUT2D eigenvalue weighted by Gasteiger charge is -2.10. The van der Waals surface area contributed by atoms with Crippen molar-refractivity contribution in [2.24, 2.45) is 5.10 Å². The van der Waals surface area contributed by atoms with Gasteiger partial charge in [-0.1, -0.05) is 0 Å². The third-order valence-electron chi connectivity index (χ3n) is 2.02. The maximum atomic E-state index is 10.5. The molecule has 7 heteroatoms. The van der Waals surface area contributed by atoms with Gasteiger partial charge in [-0.3, -0.25) is 4.79 Å². The number of nitrogens with one attached hydrogen (secondary N) is 1. The first-order chi connectivity index (χ1) is 7.06. The summed E-state index contributed by atoms with van der Waals surface area (Å²) in [5.41, 5.74) is 2.14. The van der Waals surface area contributed by atoms with Gasteiger partial charge in [-0.05, 0) is 0 Å². The third kappa shape index (κ3) is 2.96. The Morgan fingerprint density at radius 1 is 1.53 bits per heavy atom. The van der Waals surface area contributed by atoms with Crippen molar-refractivity contribution in [3.63, 3.8) is 0 Å². The summed E-state index contributed by atoms with van der Waals surface area (Å²) in [5, 5.41) is 31.1. The Labute approximate surface area is 86.4 Å². The number of ether oxygens (including phenoxy) is 1. The Morgan fingerprint density at radius 3 is 2.67 bits per heavy atom. The summed E-state index contributed by atoms with van der Waals surface area (Å²) < 4.78 is 5.07. The highest BCUT2D eigenvalue weighted by atomic mass is 16.6. The molecule has 0 aromatic heterocycles. The lowest BCUT2D eigenvalue weighted by molar-refractivity contribution is -0.118. The Bertz CT molecular complexity index is 257. The van der Waals surface area contributed by atoms with Crippen molar-refractivity contribution in [3.05, 3.63) is 0 Å². The number of amides is 1. The van der Waals surface area contributed by atoms with E-state index in [1.54, 1.807) is 0 Å². The summed E-state index contributed by atoms with van der Waals surface area (Å²) in [7, 11) is 0. The van der Waals surface area contributed by atoms with Gasteiger partial charge in [-0.25, -0.2) is 5.43 Å². The van der Waals surface area contributed by atoms with Gasteiger partial charge in [-0.2, -0.15) is 5.10 Å². The first-order valence-electron chi connectivity index (χ1n) is 4.48. The van der Waals surface area contributed by atoms with Crippen LogP contribution in [-0.2, 0) is 9.53 Å². The second-order valence-corrected chi connectivity index (χ2v) is 3.25. The molecule has 0 radical (unpaired) electrons. The SMILES string of the molecule is CC(=O)N/N=C/[C@@H]1O[C@H](CO)[C@@H](O)[C@@H]1O. The molecule has 0 aliphatic carbocycles. The topological polar surface area (TPSA) is 111 Å². The fourth-order valence-corrected chi connectivity index (χ4v) is 1.25. The molecule has 1 heterocycles. The molecule has 4 atom stereocenters. The van der Waals surface area contributed by atoms with E-state index in [1.165, 1.54) is 13.1 Å². The second-order valence-electron chi connectivity index (χ2n) is 3.25. The van der Waals surface area contributed by atoms with Gasteiger partial charge in [0.2, 0.25) is 5.91 Å². The van der Waals surface area contributed by atoms with Crippen molar-refractivity contribution >= 4 is 12.1 Å². The minimum absolute atomic E-state index is 0.349. The maximum Gasteiger partial charge on any atom is 0.236 e. The van der Waals surface area contributed by atoms with Crippen molar-refractivity contribution in [3.8, 4) is 0 Å². The van der Waals surface area contributed by atoms with Gasteiger partial charge in [0.05, 0.1) is 12.8 Å². The van der Waals surface area contributed by atoms with E-state index in [4.69, 9.17) is 9.84 Å². The number of rotatable bonds is 3. The first kappa shape index (κ1) is 12.1. The lowest BCUT2D eigenvalue weighted by atomic mass is 10.1. The molecule has 0 unspecified atom stereocenters. The molecule has 1 aliphatic rings. The maximum absolute atomic E-state index is 10.5. The van der Waals surface area contributed by atoms with Gasteiger partial charge >= 0.3 is 0 Å². The van der Waals surface area contributed by atoms with Crippen LogP contribution in [0.4, 0.5) is 0 Å². The molecule has 1 saturated heterocycles. The van der Waals surface area contributed by atoms with Crippen LogP contribution in [0.25, 0.3) is 0 Å². The van der Waals surface area contributed by atoms with Gasteiger partial charge < -0.3 is 20.1 Å². The second kappa shape index (κ2) is 5.17. The molecular weight excluding hydrogens is 204 g/mol. The molecule has 7 nitrogen and oxygen atoms in total. The highest BCUT2D eigenvalue weighted by Crippen LogP contribution is 2.19. The predicted molar refractivity (Wildman–Crippen MR) is 50.1 cm³/mol. The summed E-state index contributed by atoms with van der Waals surface area (Å²) >= 11 is 0. The summed E-state index contributed by atoms with van der Waals surface area (Å²) in [5.74, 6) is -0.349. The monoisotopic (exact) mass is 218 g/mol. The minimum atomic E-state index is -1.15. The molecule has 4 N–H and O–H groups in total. The standard InChI is InChI=1S/C8H14N2O5/c1-4(12)10-9-2-5-7(13)8(14)6(3-11)15-5/h2,5-8,11,13-14H,3H2,1H3,(H,10,12)/b9-2+/t5-,6+,7+,8+/m0/s1. The van der Waals surface area contributed by atoms with Crippen molar-refractivity contribution in [2.75, 3.05) is 6.61 Å². The van der Waals surface area contributed by atoms with E-state index in [-0.39, 0.29) is 12.5 Å². The smallest absolute Gasteiger partial charge is 0.236 e. The fraction of sp³-hybridized carbons (Fsp3) is 0.750. The molecule has 86 valence electrons. The molecule has 1 fully saturated rings. The number of hydrogen-bond donors (Lipinski definition) is 4. The molecule has 0 saturated carbocycles. The number of hydrogen-bond acceptors (Lipinski definition) is 6. The number of hydrazone groups is 1. The summed E-state index contributed by atoms with van der Waals surface area (Å²) in [6.45, 7) is 0.900. The number of nitrogens with zero attached hydrogens (tertiary/aromatic N) is 1. The van der Waals surface area contributed by atoms with Crippen molar-refractivity contribution in [2.45, 2.75) is 31.3 Å². The van der Waals surface area contributed by atoms with Gasteiger partial charge in [0.1, 0.15) is 24.4 Å². The average Bonchev–Trinajstić information content (AvgIpc) is 2.45. The Hall–Kier alpha value is -1.02. The highest BCUT2D eigenvalue weighted by Gasteiger charge is 2.41. The van der Waals surface area contributed by atoms with E-state index in [1.807, 2.05) is 0 Å².